The summed E-state index contributed by atoms with van der Waals surface area (Å²) in [6.07, 6.45) is 3.27. The molecule has 1 aromatic carbocycles. The number of nitriles is 1. The van der Waals surface area contributed by atoms with Crippen LogP contribution in [0.5, 0.6) is 0 Å². The van der Waals surface area contributed by atoms with Crippen LogP contribution in [0.1, 0.15) is 5.56 Å². The summed E-state index contributed by atoms with van der Waals surface area (Å²) >= 11 is 5.80. The van der Waals surface area contributed by atoms with Crippen LogP contribution in [0.3, 0.4) is 0 Å². The largest absolute Gasteiger partial charge is 0.271 e. The monoisotopic (exact) mass is 336 g/mol. The number of benzene rings is 1. The number of hydrogen-bond donors (Lipinski definition) is 0. The van der Waals surface area contributed by atoms with Gasteiger partial charge in [0, 0.05) is 31.7 Å². The van der Waals surface area contributed by atoms with Crippen LogP contribution < -0.4 is 0 Å². The van der Waals surface area contributed by atoms with Gasteiger partial charge in [0.1, 0.15) is 6.07 Å². The molecule has 0 aliphatic carbocycles. The van der Waals surface area contributed by atoms with Crippen LogP contribution in [0, 0.1) is 17.2 Å². The van der Waals surface area contributed by atoms with Gasteiger partial charge in [-0.3, -0.25) is 4.68 Å². The van der Waals surface area contributed by atoms with E-state index in [2.05, 4.69) is 5.10 Å². The normalized spacial score (nSPS) is 16.2. The van der Waals surface area contributed by atoms with E-state index in [-0.39, 0.29) is 16.4 Å². The lowest BCUT2D eigenvalue weighted by atomic mass is 10.0. The lowest BCUT2D eigenvalue weighted by Gasteiger charge is -2.38. The topological polar surface area (TPSA) is 79.0 Å². The fourth-order valence-electron chi connectivity index (χ4n) is 2.46. The van der Waals surface area contributed by atoms with Gasteiger partial charge < -0.3 is 0 Å². The van der Waals surface area contributed by atoms with Crippen molar-refractivity contribution in [3.63, 3.8) is 0 Å². The van der Waals surface area contributed by atoms with Crippen molar-refractivity contribution < 1.29 is 8.42 Å². The highest BCUT2D eigenvalue weighted by Gasteiger charge is 2.37. The Bertz CT molecular complexity index is 835. The summed E-state index contributed by atoms with van der Waals surface area (Å²) in [4.78, 5) is 0.0677. The average Bonchev–Trinajstić information content (AvgIpc) is 2.87. The number of rotatable bonds is 4. The molecule has 1 fully saturated rings. The smallest absolute Gasteiger partial charge is 0.244 e. The predicted molar refractivity (Wildman–Crippen MR) is 80.6 cm³/mol. The molecule has 0 spiro atoms. The number of sulfonamides is 1. The van der Waals surface area contributed by atoms with E-state index in [1.54, 1.807) is 29.2 Å². The highest BCUT2D eigenvalue weighted by molar-refractivity contribution is 7.89. The molecule has 114 valence electrons. The second kappa shape index (κ2) is 5.72. The van der Waals surface area contributed by atoms with E-state index in [4.69, 9.17) is 16.9 Å². The van der Waals surface area contributed by atoms with Gasteiger partial charge in [-0.15, -0.1) is 0 Å². The number of nitrogens with zero attached hydrogens (tertiary/aromatic N) is 4. The Morgan fingerprint density at radius 2 is 2.09 bits per heavy atom. The third kappa shape index (κ3) is 2.73. The minimum atomic E-state index is -3.61. The zero-order valence-corrected chi connectivity index (χ0v) is 13.1. The Morgan fingerprint density at radius 1 is 1.36 bits per heavy atom. The third-order valence-electron chi connectivity index (χ3n) is 3.60. The molecule has 1 aromatic heterocycles. The number of hydrogen-bond acceptors (Lipinski definition) is 4. The van der Waals surface area contributed by atoms with Crippen molar-refractivity contribution >= 4 is 21.6 Å². The fourth-order valence-corrected chi connectivity index (χ4v) is 4.35. The van der Waals surface area contributed by atoms with Crippen LogP contribution in [0.25, 0.3) is 0 Å². The first kappa shape index (κ1) is 15.0. The molecule has 22 heavy (non-hydrogen) atoms. The maximum absolute atomic E-state index is 12.5. The van der Waals surface area contributed by atoms with Crippen molar-refractivity contribution in [2.45, 2.75) is 11.4 Å². The Labute approximate surface area is 133 Å². The zero-order chi connectivity index (χ0) is 15.7. The molecule has 2 aromatic rings. The summed E-state index contributed by atoms with van der Waals surface area (Å²) in [7, 11) is -3.61. The van der Waals surface area contributed by atoms with Crippen LogP contribution in [0.4, 0.5) is 0 Å². The van der Waals surface area contributed by atoms with Crippen molar-refractivity contribution in [1.82, 2.24) is 14.1 Å². The predicted octanol–water partition coefficient (Wildman–Crippen LogP) is 1.73. The molecule has 1 aliphatic rings. The molecule has 3 rings (SSSR count). The fraction of sp³-hybridized carbons (Fsp3) is 0.286. The highest BCUT2D eigenvalue weighted by Crippen LogP contribution is 2.27. The lowest BCUT2D eigenvalue weighted by Crippen LogP contribution is -2.51. The molecule has 0 N–H and O–H groups in total. The van der Waals surface area contributed by atoms with Crippen LogP contribution in [-0.4, -0.2) is 35.6 Å². The van der Waals surface area contributed by atoms with Crippen molar-refractivity contribution in [2.75, 3.05) is 13.1 Å². The number of aromatic nitrogens is 2. The van der Waals surface area contributed by atoms with Crippen molar-refractivity contribution in [2.24, 2.45) is 5.92 Å². The van der Waals surface area contributed by atoms with E-state index in [0.29, 0.717) is 24.7 Å². The minimum Gasteiger partial charge on any atom is -0.271 e. The summed E-state index contributed by atoms with van der Waals surface area (Å²) in [5.74, 6) is 0.194. The number of halogens is 1. The maximum Gasteiger partial charge on any atom is 0.244 e. The SMILES string of the molecule is N#Cc1ccccc1S(=O)(=O)N1CC(Cn2cc(Cl)cn2)C1. The first-order valence-electron chi connectivity index (χ1n) is 6.68. The Kier molecular flexibility index (Phi) is 3.91. The molecule has 8 heteroatoms. The van der Waals surface area contributed by atoms with Crippen LogP contribution in [-0.2, 0) is 16.6 Å². The van der Waals surface area contributed by atoms with Gasteiger partial charge >= 0.3 is 0 Å². The molecule has 0 saturated carbocycles. The van der Waals surface area contributed by atoms with Gasteiger partial charge in [-0.05, 0) is 12.1 Å². The zero-order valence-electron chi connectivity index (χ0n) is 11.6. The van der Waals surface area contributed by atoms with Gasteiger partial charge in [0.15, 0.2) is 0 Å². The first-order chi connectivity index (χ1) is 10.5. The van der Waals surface area contributed by atoms with Gasteiger partial charge in [-0.25, -0.2) is 8.42 Å². The molecule has 6 nitrogen and oxygen atoms in total. The second-order valence-electron chi connectivity index (χ2n) is 5.18. The van der Waals surface area contributed by atoms with Gasteiger partial charge in [0.05, 0.1) is 21.7 Å². The van der Waals surface area contributed by atoms with Gasteiger partial charge in [0.2, 0.25) is 10.0 Å². The Morgan fingerprint density at radius 3 is 2.73 bits per heavy atom. The molecular weight excluding hydrogens is 324 g/mol. The lowest BCUT2D eigenvalue weighted by molar-refractivity contribution is 0.175. The Balaban J connectivity index is 1.70. The summed E-state index contributed by atoms with van der Waals surface area (Å²) in [6, 6.07) is 8.17. The highest BCUT2D eigenvalue weighted by atomic mass is 35.5. The van der Waals surface area contributed by atoms with Crippen molar-refractivity contribution in [3.8, 4) is 6.07 Å². The van der Waals surface area contributed by atoms with E-state index in [1.807, 2.05) is 6.07 Å². The summed E-state index contributed by atoms with van der Waals surface area (Å²) < 4.78 is 28.2. The standard InChI is InChI=1S/C14H13ClN4O2S/c15-13-6-17-18(10-13)7-11-8-19(9-11)22(20,21)14-4-2-1-3-12(14)5-16/h1-4,6,10-11H,7-9H2. The quantitative estimate of drug-likeness (QED) is 0.851. The van der Waals surface area contributed by atoms with Crippen molar-refractivity contribution in [1.29, 1.82) is 5.26 Å². The molecule has 2 heterocycles. The molecule has 1 aliphatic heterocycles. The van der Waals surface area contributed by atoms with Gasteiger partial charge in [0.25, 0.3) is 0 Å². The van der Waals surface area contributed by atoms with E-state index in [0.717, 1.165) is 0 Å². The average molecular weight is 337 g/mol. The van der Waals surface area contributed by atoms with Crippen LogP contribution in [0.2, 0.25) is 5.02 Å². The summed E-state index contributed by atoms with van der Waals surface area (Å²) in [5.41, 5.74) is 0.171. The van der Waals surface area contributed by atoms with Gasteiger partial charge in [-0.1, -0.05) is 23.7 Å². The van der Waals surface area contributed by atoms with Gasteiger partial charge in [-0.2, -0.15) is 14.7 Å². The van der Waals surface area contributed by atoms with E-state index < -0.39 is 10.0 Å². The molecule has 0 radical (unpaired) electrons. The third-order valence-corrected chi connectivity index (χ3v) is 5.68. The first-order valence-corrected chi connectivity index (χ1v) is 8.50. The molecule has 0 bridgehead atoms. The molecule has 1 saturated heterocycles. The van der Waals surface area contributed by atoms with E-state index in [1.165, 1.54) is 16.4 Å². The molecule has 0 atom stereocenters. The van der Waals surface area contributed by atoms with Crippen LogP contribution >= 0.6 is 11.6 Å². The van der Waals surface area contributed by atoms with Crippen molar-refractivity contribution in [3.05, 3.63) is 47.2 Å². The minimum absolute atomic E-state index is 0.0677. The summed E-state index contributed by atoms with van der Waals surface area (Å²) in [5, 5.41) is 13.7. The van der Waals surface area contributed by atoms with Crippen LogP contribution in [0.15, 0.2) is 41.6 Å². The Hall–Kier alpha value is -1.88. The molecule has 0 amide bonds. The summed E-state index contributed by atoms with van der Waals surface area (Å²) in [6.45, 7) is 1.46. The van der Waals surface area contributed by atoms with E-state index >= 15 is 0 Å². The molecule has 0 unspecified atom stereocenters. The maximum atomic E-state index is 12.5. The molecular formula is C14H13ClN4O2S. The van der Waals surface area contributed by atoms with E-state index in [9.17, 15) is 8.42 Å². The second-order valence-corrected chi connectivity index (χ2v) is 7.52.